The fraction of sp³-hybridized carbons (Fsp3) is 0.667. The van der Waals surface area contributed by atoms with E-state index in [4.69, 9.17) is 0 Å². The van der Waals surface area contributed by atoms with Gasteiger partial charge in [-0.25, -0.2) is 4.39 Å². The first kappa shape index (κ1) is 12.8. The predicted molar refractivity (Wildman–Crippen MR) is 79.3 cm³/mol. The van der Waals surface area contributed by atoms with Crippen molar-refractivity contribution in [1.82, 2.24) is 4.90 Å². The van der Waals surface area contributed by atoms with Crippen LogP contribution in [0.1, 0.15) is 42.7 Å². The summed E-state index contributed by atoms with van der Waals surface area (Å²) in [5.74, 6) is 3.19. The SMILES string of the molecule is CN1CC[C@H]2[C@@H](CC[C@@H]3c4cc(F)ccc4CC[C@H]23)C1. The van der Waals surface area contributed by atoms with E-state index in [1.165, 1.54) is 49.9 Å². The van der Waals surface area contributed by atoms with Crippen LogP contribution in [0.3, 0.4) is 0 Å². The Morgan fingerprint density at radius 2 is 2.00 bits per heavy atom. The number of fused-ring (bicyclic) bond motifs is 5. The van der Waals surface area contributed by atoms with E-state index in [2.05, 4.69) is 11.9 Å². The summed E-state index contributed by atoms with van der Waals surface area (Å²) >= 11 is 0. The average Bonchev–Trinajstić information content (AvgIpc) is 2.46. The van der Waals surface area contributed by atoms with Gasteiger partial charge in [0, 0.05) is 6.54 Å². The van der Waals surface area contributed by atoms with Crippen molar-refractivity contribution in [2.24, 2.45) is 17.8 Å². The van der Waals surface area contributed by atoms with E-state index in [0.717, 1.165) is 24.2 Å². The summed E-state index contributed by atoms with van der Waals surface area (Å²) < 4.78 is 13.6. The van der Waals surface area contributed by atoms with Crippen LogP contribution in [-0.2, 0) is 6.42 Å². The van der Waals surface area contributed by atoms with Gasteiger partial charge in [-0.1, -0.05) is 6.07 Å². The molecule has 0 amide bonds. The van der Waals surface area contributed by atoms with Crippen LogP contribution < -0.4 is 0 Å². The van der Waals surface area contributed by atoms with Gasteiger partial charge in [-0.3, -0.25) is 0 Å². The van der Waals surface area contributed by atoms with E-state index in [-0.39, 0.29) is 5.82 Å². The standard InChI is InChI=1S/C18H24FN/c1-20-9-8-15-13(11-20)4-7-17-16(15)6-3-12-2-5-14(19)10-18(12)17/h2,5,10,13,15-17H,3-4,6-9,11H2,1H3/t13-,15-,16+,17-/m0/s1. The van der Waals surface area contributed by atoms with Crippen LogP contribution in [-0.4, -0.2) is 25.0 Å². The molecule has 1 aromatic rings. The molecule has 2 fully saturated rings. The molecule has 1 heterocycles. The number of benzene rings is 1. The van der Waals surface area contributed by atoms with Crippen LogP contribution in [0, 0.1) is 23.6 Å². The minimum Gasteiger partial charge on any atom is -0.306 e. The molecule has 1 saturated heterocycles. The Hall–Kier alpha value is -0.890. The number of halogens is 1. The second-order valence-electron chi connectivity index (χ2n) is 7.20. The van der Waals surface area contributed by atoms with Gasteiger partial charge in [0.05, 0.1) is 0 Å². The van der Waals surface area contributed by atoms with Gasteiger partial charge in [0.25, 0.3) is 0 Å². The van der Waals surface area contributed by atoms with Crippen molar-refractivity contribution >= 4 is 0 Å². The Labute approximate surface area is 121 Å². The van der Waals surface area contributed by atoms with E-state index < -0.39 is 0 Å². The van der Waals surface area contributed by atoms with E-state index in [1.807, 2.05) is 12.1 Å². The first-order valence-corrected chi connectivity index (χ1v) is 8.19. The summed E-state index contributed by atoms with van der Waals surface area (Å²) in [6.07, 6.45) is 6.46. The third-order valence-corrected chi connectivity index (χ3v) is 6.17. The highest BCUT2D eigenvalue weighted by Gasteiger charge is 2.43. The zero-order chi connectivity index (χ0) is 13.7. The molecule has 1 aliphatic heterocycles. The normalized spacial score (nSPS) is 36.9. The first-order chi connectivity index (χ1) is 9.72. The lowest BCUT2D eigenvalue weighted by Gasteiger charge is -2.50. The molecule has 4 rings (SSSR count). The number of nitrogens with zero attached hydrogens (tertiary/aromatic N) is 1. The van der Waals surface area contributed by atoms with Gasteiger partial charge < -0.3 is 4.90 Å². The van der Waals surface area contributed by atoms with E-state index >= 15 is 0 Å². The average molecular weight is 273 g/mol. The van der Waals surface area contributed by atoms with Crippen LogP contribution in [0.15, 0.2) is 18.2 Å². The lowest BCUT2D eigenvalue weighted by molar-refractivity contribution is 0.0385. The maximum absolute atomic E-state index is 13.6. The van der Waals surface area contributed by atoms with Gasteiger partial charge in [-0.15, -0.1) is 0 Å². The van der Waals surface area contributed by atoms with Gasteiger partial charge in [-0.2, -0.15) is 0 Å². The van der Waals surface area contributed by atoms with Crippen LogP contribution in [0.2, 0.25) is 0 Å². The molecule has 0 aromatic heterocycles. The second-order valence-corrected chi connectivity index (χ2v) is 7.20. The highest BCUT2D eigenvalue weighted by atomic mass is 19.1. The number of hydrogen-bond donors (Lipinski definition) is 0. The van der Waals surface area contributed by atoms with Crippen LogP contribution >= 0.6 is 0 Å². The number of hydrogen-bond acceptors (Lipinski definition) is 1. The minimum atomic E-state index is -0.0464. The van der Waals surface area contributed by atoms with Crippen molar-refractivity contribution in [3.63, 3.8) is 0 Å². The molecule has 3 aliphatic rings. The molecule has 0 N–H and O–H groups in total. The van der Waals surface area contributed by atoms with Gasteiger partial charge in [0.1, 0.15) is 5.82 Å². The Bertz CT molecular complexity index is 512. The second kappa shape index (κ2) is 4.84. The van der Waals surface area contributed by atoms with Crippen LogP contribution in [0.4, 0.5) is 4.39 Å². The van der Waals surface area contributed by atoms with E-state index in [9.17, 15) is 4.39 Å². The van der Waals surface area contributed by atoms with Crippen molar-refractivity contribution in [3.05, 3.63) is 35.1 Å². The third kappa shape index (κ3) is 2.00. The lowest BCUT2D eigenvalue weighted by atomic mass is 9.58. The smallest absolute Gasteiger partial charge is 0.123 e. The summed E-state index contributed by atoms with van der Waals surface area (Å²) in [6, 6.07) is 5.50. The van der Waals surface area contributed by atoms with Crippen molar-refractivity contribution in [3.8, 4) is 0 Å². The summed E-state index contributed by atoms with van der Waals surface area (Å²) in [5, 5.41) is 0. The number of rotatable bonds is 0. The predicted octanol–water partition coefficient (Wildman–Crippen LogP) is 3.83. The number of likely N-dealkylation sites (tertiary alicyclic amines) is 1. The molecule has 0 unspecified atom stereocenters. The topological polar surface area (TPSA) is 3.24 Å². The highest BCUT2D eigenvalue weighted by Crippen LogP contribution is 2.52. The van der Waals surface area contributed by atoms with Crippen molar-refractivity contribution in [2.45, 2.75) is 38.0 Å². The molecule has 4 atom stereocenters. The number of piperidine rings is 1. The van der Waals surface area contributed by atoms with Crippen molar-refractivity contribution in [2.75, 3.05) is 20.1 Å². The van der Waals surface area contributed by atoms with Gasteiger partial charge in [-0.05, 0) is 92.6 Å². The summed E-state index contributed by atoms with van der Waals surface area (Å²) in [4.78, 5) is 2.50. The van der Waals surface area contributed by atoms with Gasteiger partial charge in [0.15, 0.2) is 0 Å². The molecular formula is C18H24FN. The highest BCUT2D eigenvalue weighted by molar-refractivity contribution is 5.35. The van der Waals surface area contributed by atoms with E-state index in [0.29, 0.717) is 5.92 Å². The molecule has 108 valence electrons. The fourth-order valence-electron chi connectivity index (χ4n) is 5.27. The Balaban J connectivity index is 1.65. The molecule has 2 aliphatic carbocycles. The largest absolute Gasteiger partial charge is 0.306 e. The molecule has 0 bridgehead atoms. The van der Waals surface area contributed by atoms with Crippen LogP contribution in [0.5, 0.6) is 0 Å². The third-order valence-electron chi connectivity index (χ3n) is 6.17. The molecule has 2 heteroatoms. The molecule has 20 heavy (non-hydrogen) atoms. The maximum atomic E-state index is 13.6. The van der Waals surface area contributed by atoms with Crippen molar-refractivity contribution in [1.29, 1.82) is 0 Å². The van der Waals surface area contributed by atoms with E-state index in [1.54, 1.807) is 6.07 Å². The zero-order valence-electron chi connectivity index (χ0n) is 12.3. The summed E-state index contributed by atoms with van der Waals surface area (Å²) in [6.45, 7) is 2.53. The van der Waals surface area contributed by atoms with Gasteiger partial charge in [0.2, 0.25) is 0 Å². The van der Waals surface area contributed by atoms with Crippen molar-refractivity contribution < 1.29 is 4.39 Å². The first-order valence-electron chi connectivity index (χ1n) is 8.19. The molecule has 0 spiro atoms. The Kier molecular flexibility index (Phi) is 3.10. The summed E-state index contributed by atoms with van der Waals surface area (Å²) in [7, 11) is 2.26. The lowest BCUT2D eigenvalue weighted by Crippen LogP contribution is -2.46. The molecule has 1 aromatic carbocycles. The summed E-state index contributed by atoms with van der Waals surface area (Å²) in [5.41, 5.74) is 2.76. The fourth-order valence-corrected chi connectivity index (χ4v) is 5.27. The maximum Gasteiger partial charge on any atom is 0.123 e. The quantitative estimate of drug-likeness (QED) is 0.694. The minimum absolute atomic E-state index is 0.0464. The zero-order valence-corrected chi connectivity index (χ0v) is 12.3. The molecular weight excluding hydrogens is 249 g/mol. The Morgan fingerprint density at radius 1 is 1.10 bits per heavy atom. The Morgan fingerprint density at radius 3 is 2.90 bits per heavy atom. The number of aryl methyl sites for hydroxylation is 1. The van der Waals surface area contributed by atoms with Crippen LogP contribution in [0.25, 0.3) is 0 Å². The van der Waals surface area contributed by atoms with Gasteiger partial charge >= 0.3 is 0 Å². The molecule has 1 nitrogen and oxygen atoms in total. The monoisotopic (exact) mass is 273 g/mol. The molecule has 1 saturated carbocycles. The molecule has 0 radical (unpaired) electrons.